The van der Waals surface area contributed by atoms with Crippen LogP contribution in [0.25, 0.3) is 0 Å². The van der Waals surface area contributed by atoms with Crippen LogP contribution in [0.1, 0.15) is 20.8 Å². The lowest BCUT2D eigenvalue weighted by Gasteiger charge is -2.54. The summed E-state index contributed by atoms with van der Waals surface area (Å²) in [7, 11) is -1.62. The van der Waals surface area contributed by atoms with E-state index in [4.69, 9.17) is 12.5 Å². The summed E-state index contributed by atoms with van der Waals surface area (Å²) < 4.78 is 17.0. The van der Waals surface area contributed by atoms with Gasteiger partial charge in [0.05, 0.1) is 35.9 Å². The van der Waals surface area contributed by atoms with Crippen molar-refractivity contribution in [1.29, 1.82) is 0 Å². The van der Waals surface area contributed by atoms with Crippen molar-refractivity contribution in [3.05, 3.63) is 0 Å². The Labute approximate surface area is 75.3 Å². The average molecular weight is 192 g/mol. The predicted molar refractivity (Wildman–Crippen MR) is 48.7 cm³/mol. The Bertz CT molecular complexity index is 168. The molecule has 0 atom stereocenters. The smallest absolute Gasteiger partial charge is 0.0913 e. The zero-order valence-electron chi connectivity index (χ0n) is 7.83. The minimum Gasteiger partial charge on any atom is -0.291 e. The van der Waals surface area contributed by atoms with E-state index < -0.39 is 10.9 Å². The highest BCUT2D eigenvalue weighted by molar-refractivity contribution is 8.22. The highest BCUT2D eigenvalue weighted by atomic mass is 32.3. The molecule has 2 bridgehead atoms. The van der Waals surface area contributed by atoms with E-state index in [-0.39, 0.29) is 5.41 Å². The van der Waals surface area contributed by atoms with Crippen LogP contribution in [0.2, 0.25) is 0 Å². The minimum atomic E-state index is -1.62. The van der Waals surface area contributed by atoms with Gasteiger partial charge in [0.1, 0.15) is 0 Å². The molecular formula is C8H16O3S. The summed E-state index contributed by atoms with van der Waals surface area (Å²) in [5.41, 5.74) is 0.101. The van der Waals surface area contributed by atoms with Gasteiger partial charge in [-0.3, -0.25) is 12.5 Å². The van der Waals surface area contributed by atoms with Gasteiger partial charge < -0.3 is 0 Å². The molecule has 0 aromatic carbocycles. The SMILES string of the molecule is CC(C)S12OCC(C)(CO1)CO2. The summed E-state index contributed by atoms with van der Waals surface area (Å²) in [6, 6.07) is 0. The second kappa shape index (κ2) is 2.61. The van der Waals surface area contributed by atoms with Crippen LogP contribution in [-0.2, 0) is 12.5 Å². The molecule has 0 saturated carbocycles. The van der Waals surface area contributed by atoms with Crippen molar-refractivity contribution in [1.82, 2.24) is 0 Å². The lowest BCUT2D eigenvalue weighted by molar-refractivity contribution is -0.0566. The highest BCUT2D eigenvalue weighted by Gasteiger charge is 2.48. The fourth-order valence-electron chi connectivity index (χ4n) is 1.31. The molecule has 0 aliphatic carbocycles. The van der Waals surface area contributed by atoms with Crippen LogP contribution in [0, 0.1) is 5.41 Å². The van der Waals surface area contributed by atoms with E-state index in [2.05, 4.69) is 20.8 Å². The third-order valence-corrected chi connectivity index (χ3v) is 4.79. The van der Waals surface area contributed by atoms with Gasteiger partial charge in [-0.25, -0.2) is 0 Å². The first-order valence-corrected chi connectivity index (χ1v) is 5.79. The van der Waals surface area contributed by atoms with Gasteiger partial charge in [-0.05, 0) is 13.8 Å². The molecule has 3 fully saturated rings. The maximum atomic E-state index is 5.67. The average Bonchev–Trinajstić information content (AvgIpc) is 2.06. The highest BCUT2D eigenvalue weighted by Crippen LogP contribution is 2.63. The molecule has 0 amide bonds. The van der Waals surface area contributed by atoms with Crippen LogP contribution < -0.4 is 0 Å². The summed E-state index contributed by atoms with van der Waals surface area (Å²) in [6.45, 7) is 8.68. The van der Waals surface area contributed by atoms with Crippen molar-refractivity contribution < 1.29 is 12.5 Å². The predicted octanol–water partition coefficient (Wildman–Crippen LogP) is 2.03. The Balaban J connectivity index is 2.14. The summed E-state index contributed by atoms with van der Waals surface area (Å²) in [5.74, 6) is 0. The lowest BCUT2D eigenvalue weighted by Crippen LogP contribution is -2.47. The molecule has 3 nitrogen and oxygen atoms in total. The Morgan fingerprint density at radius 2 is 1.50 bits per heavy atom. The van der Waals surface area contributed by atoms with E-state index in [1.54, 1.807) is 0 Å². The maximum absolute atomic E-state index is 5.67. The molecule has 3 aliphatic rings. The summed E-state index contributed by atoms with van der Waals surface area (Å²) in [6.07, 6.45) is 0. The zero-order valence-corrected chi connectivity index (χ0v) is 8.65. The van der Waals surface area contributed by atoms with Gasteiger partial charge in [-0.2, -0.15) is 0 Å². The van der Waals surface area contributed by atoms with Gasteiger partial charge in [0, 0.05) is 5.41 Å². The summed E-state index contributed by atoms with van der Waals surface area (Å²) in [5, 5.41) is 0.336. The second-order valence-corrected chi connectivity index (χ2v) is 6.77. The van der Waals surface area contributed by atoms with Gasteiger partial charge in [0.15, 0.2) is 0 Å². The van der Waals surface area contributed by atoms with Crippen molar-refractivity contribution in [3.63, 3.8) is 0 Å². The van der Waals surface area contributed by atoms with Crippen molar-refractivity contribution in [2.45, 2.75) is 26.0 Å². The largest absolute Gasteiger partial charge is 0.291 e. The molecule has 3 heterocycles. The number of rotatable bonds is 1. The van der Waals surface area contributed by atoms with E-state index in [9.17, 15) is 0 Å². The van der Waals surface area contributed by atoms with Crippen LogP contribution >= 0.6 is 10.9 Å². The molecule has 72 valence electrons. The molecule has 4 heteroatoms. The quantitative estimate of drug-likeness (QED) is 0.636. The molecule has 3 saturated heterocycles. The molecule has 0 radical (unpaired) electrons. The van der Waals surface area contributed by atoms with Crippen molar-refractivity contribution in [2.24, 2.45) is 5.41 Å². The monoisotopic (exact) mass is 192 g/mol. The molecule has 0 unspecified atom stereocenters. The van der Waals surface area contributed by atoms with Crippen molar-refractivity contribution in [2.75, 3.05) is 19.8 Å². The standard InChI is InChI=1S/C8H16O3S/c1-7(2)12-9-4-8(3,5-10-12)6-11-12/h7H,4-6H2,1-3H3. The minimum absolute atomic E-state index is 0.101. The molecule has 3 rings (SSSR count). The summed E-state index contributed by atoms with van der Waals surface area (Å²) in [4.78, 5) is 0. The van der Waals surface area contributed by atoms with E-state index in [1.165, 1.54) is 0 Å². The van der Waals surface area contributed by atoms with E-state index in [1.807, 2.05) is 0 Å². The van der Waals surface area contributed by atoms with Crippen molar-refractivity contribution >= 4 is 10.9 Å². The van der Waals surface area contributed by atoms with Gasteiger partial charge in [-0.1, -0.05) is 6.92 Å². The van der Waals surface area contributed by atoms with Gasteiger partial charge >= 0.3 is 0 Å². The van der Waals surface area contributed by atoms with Gasteiger partial charge in [-0.15, -0.1) is 0 Å². The van der Waals surface area contributed by atoms with Gasteiger partial charge in [0.2, 0.25) is 0 Å². The number of hydrogen-bond acceptors (Lipinski definition) is 3. The number of fused-ring (bicyclic) bond motifs is 3. The molecular weight excluding hydrogens is 176 g/mol. The van der Waals surface area contributed by atoms with E-state index in [0.717, 1.165) is 19.8 Å². The third kappa shape index (κ3) is 1.18. The first-order valence-electron chi connectivity index (χ1n) is 4.32. The van der Waals surface area contributed by atoms with Crippen LogP contribution in [0.4, 0.5) is 0 Å². The maximum Gasteiger partial charge on any atom is 0.0913 e. The molecule has 0 spiro atoms. The Morgan fingerprint density at radius 1 is 1.08 bits per heavy atom. The zero-order chi connectivity index (χ0) is 8.82. The Morgan fingerprint density at radius 3 is 1.83 bits per heavy atom. The second-order valence-electron chi connectivity index (χ2n) is 4.14. The fraction of sp³-hybridized carbons (Fsp3) is 1.00. The van der Waals surface area contributed by atoms with Crippen LogP contribution in [0.3, 0.4) is 0 Å². The third-order valence-electron chi connectivity index (χ3n) is 2.29. The van der Waals surface area contributed by atoms with Crippen molar-refractivity contribution in [3.8, 4) is 0 Å². The van der Waals surface area contributed by atoms with Gasteiger partial charge in [0.25, 0.3) is 0 Å². The first-order chi connectivity index (χ1) is 5.56. The van der Waals surface area contributed by atoms with Crippen LogP contribution in [-0.4, -0.2) is 25.1 Å². The lowest BCUT2D eigenvalue weighted by atomic mass is 9.95. The molecule has 12 heavy (non-hydrogen) atoms. The molecule has 0 aromatic heterocycles. The topological polar surface area (TPSA) is 27.7 Å². The molecule has 3 aliphatic heterocycles. The number of hydrogen-bond donors (Lipinski definition) is 0. The van der Waals surface area contributed by atoms with E-state index in [0.29, 0.717) is 5.25 Å². The Kier molecular flexibility index (Phi) is 1.91. The first kappa shape index (κ1) is 8.81. The van der Waals surface area contributed by atoms with Crippen LogP contribution in [0.15, 0.2) is 0 Å². The fourth-order valence-corrected chi connectivity index (χ4v) is 3.68. The Hall–Kier alpha value is 0.230. The molecule has 0 N–H and O–H groups in total. The molecule has 0 aromatic rings. The normalized spacial score (nSPS) is 52.3. The van der Waals surface area contributed by atoms with E-state index >= 15 is 0 Å². The summed E-state index contributed by atoms with van der Waals surface area (Å²) >= 11 is 0. The van der Waals surface area contributed by atoms with Crippen LogP contribution in [0.5, 0.6) is 0 Å².